The standard InChI is InChI=1S/C25H22BrNO5S/c1-3-31-25(28)24-21-15-19(32-33(29,30)20-12-9-17(2)10-13-20)11-14-22(21)27(23(24)16-26)18-7-5-4-6-8-18/h4-15H,3,16H2,1-2H3. The van der Waals surface area contributed by atoms with E-state index in [2.05, 4.69) is 15.9 Å². The maximum absolute atomic E-state index is 12.9. The molecule has 0 unspecified atom stereocenters. The van der Waals surface area contributed by atoms with Crippen LogP contribution in [0.5, 0.6) is 5.75 Å². The number of hydrogen-bond donors (Lipinski definition) is 0. The van der Waals surface area contributed by atoms with E-state index in [9.17, 15) is 13.2 Å². The molecule has 8 heteroatoms. The highest BCUT2D eigenvalue weighted by Gasteiger charge is 2.25. The molecular formula is C25H22BrNO5S. The van der Waals surface area contributed by atoms with Gasteiger partial charge in [0.15, 0.2) is 0 Å². The van der Waals surface area contributed by atoms with Gasteiger partial charge in [-0.05, 0) is 56.3 Å². The third kappa shape index (κ3) is 4.54. The molecule has 0 saturated carbocycles. The number of esters is 1. The Bertz CT molecular complexity index is 1410. The zero-order valence-electron chi connectivity index (χ0n) is 18.1. The van der Waals surface area contributed by atoms with Crippen LogP contribution in [0.25, 0.3) is 16.6 Å². The molecule has 1 aromatic heterocycles. The van der Waals surface area contributed by atoms with Gasteiger partial charge in [0.25, 0.3) is 0 Å². The number of para-hydroxylation sites is 1. The minimum atomic E-state index is -4.04. The molecule has 4 rings (SSSR count). The molecule has 0 bridgehead atoms. The van der Waals surface area contributed by atoms with Crippen molar-refractivity contribution in [2.45, 2.75) is 24.1 Å². The summed E-state index contributed by atoms with van der Waals surface area (Å²) in [5.41, 5.74) is 3.62. The van der Waals surface area contributed by atoms with Crippen LogP contribution in [0.3, 0.4) is 0 Å². The van der Waals surface area contributed by atoms with Gasteiger partial charge in [0.05, 0.1) is 17.7 Å². The molecule has 1 heterocycles. The first-order valence-corrected chi connectivity index (χ1v) is 12.9. The lowest BCUT2D eigenvalue weighted by Crippen LogP contribution is -2.10. The largest absolute Gasteiger partial charge is 0.462 e. The number of fused-ring (bicyclic) bond motifs is 1. The number of ether oxygens (including phenoxy) is 1. The van der Waals surface area contributed by atoms with Gasteiger partial charge in [-0.3, -0.25) is 0 Å². The molecule has 170 valence electrons. The van der Waals surface area contributed by atoms with Gasteiger partial charge in [0.1, 0.15) is 10.6 Å². The highest BCUT2D eigenvalue weighted by atomic mass is 79.9. The van der Waals surface area contributed by atoms with Crippen LogP contribution in [-0.4, -0.2) is 25.6 Å². The second-order valence-electron chi connectivity index (χ2n) is 7.38. The van der Waals surface area contributed by atoms with E-state index in [1.807, 2.05) is 41.8 Å². The maximum Gasteiger partial charge on any atom is 0.340 e. The molecule has 0 saturated heterocycles. The molecule has 0 aliphatic carbocycles. The quantitative estimate of drug-likeness (QED) is 0.173. The molecule has 4 aromatic rings. The van der Waals surface area contributed by atoms with E-state index in [-0.39, 0.29) is 17.3 Å². The van der Waals surface area contributed by atoms with Gasteiger partial charge in [0, 0.05) is 22.1 Å². The molecule has 6 nitrogen and oxygen atoms in total. The number of halogens is 1. The fourth-order valence-electron chi connectivity index (χ4n) is 3.68. The van der Waals surface area contributed by atoms with Crippen molar-refractivity contribution in [2.75, 3.05) is 6.61 Å². The van der Waals surface area contributed by atoms with Gasteiger partial charge in [-0.2, -0.15) is 8.42 Å². The Kier molecular flexibility index (Phi) is 6.58. The zero-order valence-corrected chi connectivity index (χ0v) is 20.5. The first-order valence-electron chi connectivity index (χ1n) is 10.3. The molecule has 0 amide bonds. The summed E-state index contributed by atoms with van der Waals surface area (Å²) in [6.45, 7) is 3.84. The number of carbonyl (C=O) groups excluding carboxylic acids is 1. The Balaban J connectivity index is 1.88. The summed E-state index contributed by atoms with van der Waals surface area (Å²) in [6.07, 6.45) is 0. The summed E-state index contributed by atoms with van der Waals surface area (Å²) in [6, 6.07) is 20.9. The molecule has 3 aromatic carbocycles. The molecule has 33 heavy (non-hydrogen) atoms. The zero-order chi connectivity index (χ0) is 23.6. The van der Waals surface area contributed by atoms with E-state index in [0.717, 1.165) is 16.8 Å². The first-order chi connectivity index (χ1) is 15.9. The summed E-state index contributed by atoms with van der Waals surface area (Å²) in [4.78, 5) is 13.0. The van der Waals surface area contributed by atoms with Crippen molar-refractivity contribution < 1.29 is 22.1 Å². The second kappa shape index (κ2) is 9.41. The van der Waals surface area contributed by atoms with Gasteiger partial charge < -0.3 is 13.5 Å². The van der Waals surface area contributed by atoms with Crippen molar-refractivity contribution in [3.05, 3.63) is 89.6 Å². The number of carbonyl (C=O) groups is 1. The Morgan fingerprint density at radius 1 is 1.00 bits per heavy atom. The van der Waals surface area contributed by atoms with E-state index < -0.39 is 16.1 Å². The fourth-order valence-corrected chi connectivity index (χ4v) is 5.14. The number of aromatic nitrogens is 1. The number of rotatable bonds is 7. The van der Waals surface area contributed by atoms with Gasteiger partial charge in [-0.25, -0.2) is 4.79 Å². The molecular weight excluding hydrogens is 506 g/mol. The Labute approximate surface area is 201 Å². The van der Waals surface area contributed by atoms with Crippen LogP contribution in [0.15, 0.2) is 77.7 Å². The van der Waals surface area contributed by atoms with Crippen LogP contribution in [0, 0.1) is 6.92 Å². The number of nitrogens with zero attached hydrogens (tertiary/aromatic N) is 1. The van der Waals surface area contributed by atoms with Crippen LogP contribution in [-0.2, 0) is 20.2 Å². The molecule has 0 spiro atoms. The number of alkyl halides is 1. The monoisotopic (exact) mass is 527 g/mol. The predicted octanol–water partition coefficient (Wildman–Crippen LogP) is 5.78. The molecule has 0 fully saturated rings. The Morgan fingerprint density at radius 2 is 1.70 bits per heavy atom. The maximum atomic E-state index is 12.9. The average Bonchev–Trinajstić information content (AvgIpc) is 3.13. The summed E-state index contributed by atoms with van der Waals surface area (Å²) < 4.78 is 38.3. The van der Waals surface area contributed by atoms with Gasteiger partial charge >= 0.3 is 16.1 Å². The third-order valence-corrected chi connectivity index (χ3v) is 6.97. The SMILES string of the molecule is CCOC(=O)c1c(CBr)n(-c2ccccc2)c2ccc(OS(=O)(=O)c3ccc(C)cc3)cc12. The highest BCUT2D eigenvalue weighted by molar-refractivity contribution is 9.08. The van der Waals surface area contributed by atoms with E-state index in [1.54, 1.807) is 37.3 Å². The van der Waals surface area contributed by atoms with Crippen LogP contribution in [0.4, 0.5) is 0 Å². The molecule has 0 aliphatic heterocycles. The van der Waals surface area contributed by atoms with Crippen LogP contribution >= 0.6 is 15.9 Å². The lowest BCUT2D eigenvalue weighted by Gasteiger charge is -2.10. The second-order valence-corrected chi connectivity index (χ2v) is 9.48. The van der Waals surface area contributed by atoms with Gasteiger partial charge in [0.2, 0.25) is 0 Å². The topological polar surface area (TPSA) is 74.6 Å². The minimum Gasteiger partial charge on any atom is -0.462 e. The number of aryl methyl sites for hydroxylation is 1. The van der Waals surface area contributed by atoms with Crippen molar-refractivity contribution in [3.63, 3.8) is 0 Å². The predicted molar refractivity (Wildman–Crippen MR) is 131 cm³/mol. The smallest absolute Gasteiger partial charge is 0.340 e. The van der Waals surface area contributed by atoms with Gasteiger partial charge in [-0.1, -0.05) is 51.8 Å². The minimum absolute atomic E-state index is 0.0572. The highest BCUT2D eigenvalue weighted by Crippen LogP contribution is 2.35. The lowest BCUT2D eigenvalue weighted by molar-refractivity contribution is 0.0527. The summed E-state index contributed by atoms with van der Waals surface area (Å²) in [7, 11) is -4.04. The van der Waals surface area contributed by atoms with E-state index in [0.29, 0.717) is 22.0 Å². The van der Waals surface area contributed by atoms with Crippen LogP contribution in [0.1, 0.15) is 28.5 Å². The van der Waals surface area contributed by atoms with E-state index >= 15 is 0 Å². The Hall–Kier alpha value is -3.10. The third-order valence-electron chi connectivity index (χ3n) is 5.17. The molecule has 0 radical (unpaired) electrons. The molecule has 0 aliphatic rings. The normalized spacial score (nSPS) is 11.5. The molecule has 0 N–H and O–H groups in total. The van der Waals surface area contributed by atoms with Crippen molar-refractivity contribution >= 4 is 42.9 Å². The van der Waals surface area contributed by atoms with Crippen LogP contribution < -0.4 is 4.18 Å². The molecule has 0 atom stereocenters. The summed E-state index contributed by atoms with van der Waals surface area (Å²) in [5.74, 6) is -0.370. The first kappa shape index (κ1) is 23.1. The number of benzene rings is 3. The van der Waals surface area contributed by atoms with Gasteiger partial charge in [-0.15, -0.1) is 0 Å². The van der Waals surface area contributed by atoms with Crippen molar-refractivity contribution in [2.24, 2.45) is 0 Å². The number of hydrogen-bond acceptors (Lipinski definition) is 5. The lowest BCUT2D eigenvalue weighted by atomic mass is 10.1. The average molecular weight is 528 g/mol. The summed E-state index contributed by atoms with van der Waals surface area (Å²) in [5, 5.41) is 0.936. The van der Waals surface area contributed by atoms with Crippen LogP contribution in [0.2, 0.25) is 0 Å². The van der Waals surface area contributed by atoms with E-state index in [1.165, 1.54) is 12.1 Å². The van der Waals surface area contributed by atoms with Crippen molar-refractivity contribution in [3.8, 4) is 11.4 Å². The van der Waals surface area contributed by atoms with E-state index in [4.69, 9.17) is 8.92 Å². The fraction of sp³-hybridized carbons (Fsp3) is 0.160. The van der Waals surface area contributed by atoms with Crippen molar-refractivity contribution in [1.29, 1.82) is 0 Å². The summed E-state index contributed by atoms with van der Waals surface area (Å²) >= 11 is 3.50. The Morgan fingerprint density at radius 3 is 2.33 bits per heavy atom. The van der Waals surface area contributed by atoms with Crippen molar-refractivity contribution in [1.82, 2.24) is 4.57 Å².